The Bertz CT molecular complexity index is 2290. The number of hydrogen-bond donors (Lipinski definition) is 2. The van der Waals surface area contributed by atoms with Gasteiger partial charge in [-0.1, -0.05) is 97.1 Å². The second kappa shape index (κ2) is 23.0. The third kappa shape index (κ3) is 12.0. The largest absolute Gasteiger partial charge is 0.508 e. The molecule has 0 fully saturated rings. The molecular formula is C56H62O7. The number of fused-ring (bicyclic) bond motifs is 2. The van der Waals surface area contributed by atoms with E-state index in [-0.39, 0.29) is 18.1 Å². The zero-order valence-corrected chi connectivity index (χ0v) is 36.7. The fourth-order valence-electron chi connectivity index (χ4n) is 9.55. The van der Waals surface area contributed by atoms with Crippen LogP contribution in [0.1, 0.15) is 120 Å². The van der Waals surface area contributed by atoms with Crippen molar-refractivity contribution in [2.75, 3.05) is 27.4 Å². The molecule has 8 rings (SSSR count). The van der Waals surface area contributed by atoms with Crippen LogP contribution in [0.15, 0.2) is 146 Å². The van der Waals surface area contributed by atoms with E-state index in [4.69, 9.17) is 18.9 Å². The first kappa shape index (κ1) is 45.1. The smallest absolute Gasteiger partial charge is 0.156 e. The Balaban J connectivity index is 0.000000190. The van der Waals surface area contributed by atoms with E-state index in [1.165, 1.54) is 44.5 Å². The van der Waals surface area contributed by atoms with E-state index in [0.29, 0.717) is 43.0 Å². The van der Waals surface area contributed by atoms with E-state index >= 15 is 0 Å². The summed E-state index contributed by atoms with van der Waals surface area (Å²) in [7, 11) is 3.34. The van der Waals surface area contributed by atoms with Gasteiger partial charge in [-0.3, -0.25) is 0 Å². The number of methoxy groups -OCH3 is 2. The average molecular weight is 847 g/mol. The lowest BCUT2D eigenvalue weighted by Gasteiger charge is -2.34. The second-order valence-corrected chi connectivity index (χ2v) is 16.7. The van der Waals surface area contributed by atoms with Gasteiger partial charge in [0.25, 0.3) is 0 Å². The van der Waals surface area contributed by atoms with Crippen molar-refractivity contribution in [2.45, 2.75) is 94.2 Å². The molecule has 0 aliphatic heterocycles. The predicted molar refractivity (Wildman–Crippen MR) is 250 cm³/mol. The van der Waals surface area contributed by atoms with E-state index in [9.17, 15) is 15.0 Å². The third-order valence-corrected chi connectivity index (χ3v) is 12.7. The monoisotopic (exact) mass is 846 g/mol. The molecule has 0 heterocycles. The van der Waals surface area contributed by atoms with Crippen LogP contribution in [-0.2, 0) is 27.1 Å². The third-order valence-electron chi connectivity index (χ3n) is 12.7. The molecule has 0 aromatic heterocycles. The first-order valence-electron chi connectivity index (χ1n) is 22.6. The van der Waals surface area contributed by atoms with E-state index in [2.05, 4.69) is 109 Å². The van der Waals surface area contributed by atoms with Crippen molar-refractivity contribution in [3.8, 4) is 23.0 Å². The highest BCUT2D eigenvalue weighted by molar-refractivity contribution is 5.50. The van der Waals surface area contributed by atoms with Crippen molar-refractivity contribution >= 4 is 6.29 Å². The standard InChI is InChI=1S/C29H34O4.C27H28O3/c1-31-28(32-2)10-6-7-19-33-25-15-11-22(12-16-25)29-26(21-8-4-3-5-9-21)17-13-23-20-24(30)14-18-27(23)29;28-17-5-2-6-18-30-24-13-9-21(10-14-24)27-25(20-7-3-1-4-8-20)15-11-22-19-23(29)12-16-26(22)27/h3-5,8-9,11-12,14-16,18,20,26,28-30H,6-7,10,13,17,19H2,1-2H3;1,3-4,7-10,12-14,16-17,19,25,27,29H,2,5-6,11,15,18H2/t26-,29+;25-,27+/m11/s1. The summed E-state index contributed by atoms with van der Waals surface area (Å²) in [4.78, 5) is 10.4. The number of phenolic OH excluding ortho intramolecular Hbond substituents is 2. The Morgan fingerprint density at radius 2 is 0.984 bits per heavy atom. The molecule has 7 heteroatoms. The Kier molecular flexibility index (Phi) is 16.5. The van der Waals surface area contributed by atoms with Crippen molar-refractivity contribution in [1.29, 1.82) is 0 Å². The summed E-state index contributed by atoms with van der Waals surface area (Å²) in [5.41, 5.74) is 10.4. The van der Waals surface area contributed by atoms with Gasteiger partial charge in [0, 0.05) is 32.5 Å². The van der Waals surface area contributed by atoms with Gasteiger partial charge in [-0.05, 0) is 163 Å². The average Bonchev–Trinajstić information content (AvgIpc) is 3.33. The Morgan fingerprint density at radius 3 is 1.41 bits per heavy atom. The molecule has 0 bridgehead atoms. The molecule has 2 aliphatic rings. The van der Waals surface area contributed by atoms with Gasteiger partial charge in [-0.15, -0.1) is 0 Å². The van der Waals surface area contributed by atoms with Crippen LogP contribution in [0.5, 0.6) is 23.0 Å². The molecule has 2 aliphatic carbocycles. The SMILES string of the molecule is COC(CCCCOc1ccc([C@@H]2c3ccc(O)cc3CC[C@@H]2c2ccccc2)cc1)OC.O=CCCCCOc1ccc([C@@H]2c3ccc(O)cc3CC[C@@H]2c2ccccc2)cc1. The van der Waals surface area contributed by atoms with Gasteiger partial charge in [0.15, 0.2) is 6.29 Å². The number of phenols is 2. The summed E-state index contributed by atoms with van der Waals surface area (Å²) >= 11 is 0. The number of ether oxygens (including phenoxy) is 4. The number of aromatic hydroxyl groups is 2. The molecule has 0 saturated carbocycles. The Morgan fingerprint density at radius 1 is 0.540 bits per heavy atom. The highest BCUT2D eigenvalue weighted by atomic mass is 16.7. The van der Waals surface area contributed by atoms with Gasteiger partial charge in [0.1, 0.15) is 29.3 Å². The van der Waals surface area contributed by atoms with Crippen LogP contribution in [0.3, 0.4) is 0 Å². The van der Waals surface area contributed by atoms with Gasteiger partial charge >= 0.3 is 0 Å². The fourth-order valence-corrected chi connectivity index (χ4v) is 9.55. The van der Waals surface area contributed by atoms with Crippen molar-refractivity contribution in [2.24, 2.45) is 0 Å². The zero-order valence-electron chi connectivity index (χ0n) is 36.7. The van der Waals surface area contributed by atoms with Gasteiger partial charge in [0.05, 0.1) is 13.2 Å². The van der Waals surface area contributed by atoms with Crippen molar-refractivity contribution in [3.63, 3.8) is 0 Å². The van der Waals surface area contributed by atoms with Crippen LogP contribution < -0.4 is 9.47 Å². The van der Waals surface area contributed by atoms with Crippen molar-refractivity contribution in [1.82, 2.24) is 0 Å². The maximum Gasteiger partial charge on any atom is 0.156 e. The van der Waals surface area contributed by atoms with Crippen LogP contribution in [0.4, 0.5) is 0 Å². The summed E-state index contributed by atoms with van der Waals surface area (Å²) in [6, 6.07) is 50.2. The highest BCUT2D eigenvalue weighted by Gasteiger charge is 2.33. The number of unbranched alkanes of at least 4 members (excludes halogenated alkanes) is 3. The molecule has 0 radical (unpaired) electrons. The molecule has 4 atom stereocenters. The minimum Gasteiger partial charge on any atom is -0.508 e. The predicted octanol–water partition coefficient (Wildman–Crippen LogP) is 12.4. The number of rotatable bonds is 18. The number of hydrogen-bond acceptors (Lipinski definition) is 7. The van der Waals surface area contributed by atoms with Gasteiger partial charge in [-0.25, -0.2) is 0 Å². The van der Waals surface area contributed by atoms with Crippen LogP contribution >= 0.6 is 0 Å². The summed E-state index contributed by atoms with van der Waals surface area (Å²) in [6.07, 6.45) is 10.1. The molecule has 0 saturated heterocycles. The first-order valence-corrected chi connectivity index (χ1v) is 22.6. The minimum atomic E-state index is -0.137. The Hall–Kier alpha value is -5.89. The van der Waals surface area contributed by atoms with Crippen LogP contribution in [0.2, 0.25) is 0 Å². The summed E-state index contributed by atoms with van der Waals surface area (Å²) in [5.74, 6) is 3.75. The Labute approximate surface area is 373 Å². The molecule has 63 heavy (non-hydrogen) atoms. The maximum atomic E-state index is 10.4. The highest BCUT2D eigenvalue weighted by Crippen LogP contribution is 2.48. The molecule has 7 nitrogen and oxygen atoms in total. The van der Waals surface area contributed by atoms with Gasteiger partial charge in [0.2, 0.25) is 0 Å². The number of carbonyl (C=O) groups is 1. The summed E-state index contributed by atoms with van der Waals surface area (Å²) < 4.78 is 22.3. The summed E-state index contributed by atoms with van der Waals surface area (Å²) in [6.45, 7) is 1.31. The van der Waals surface area contributed by atoms with Crippen molar-refractivity contribution in [3.05, 3.63) is 190 Å². The van der Waals surface area contributed by atoms with Crippen molar-refractivity contribution < 1.29 is 34.0 Å². The van der Waals surface area contributed by atoms with E-state index in [1.54, 1.807) is 20.3 Å². The number of carbonyl (C=O) groups excluding carboxylic acids is 1. The second-order valence-electron chi connectivity index (χ2n) is 16.7. The number of aldehydes is 1. The molecule has 6 aromatic rings. The van der Waals surface area contributed by atoms with Crippen LogP contribution in [0, 0.1) is 0 Å². The minimum absolute atomic E-state index is 0.137. The molecule has 2 N–H and O–H groups in total. The van der Waals surface area contributed by atoms with E-state index in [0.717, 1.165) is 75.6 Å². The molecule has 6 aromatic carbocycles. The molecule has 0 spiro atoms. The molecular weight excluding hydrogens is 785 g/mol. The maximum absolute atomic E-state index is 10.4. The molecule has 0 amide bonds. The lowest BCUT2D eigenvalue weighted by Crippen LogP contribution is -2.20. The normalized spacial score (nSPS) is 17.8. The lowest BCUT2D eigenvalue weighted by molar-refractivity contribution is -0.108. The van der Waals surface area contributed by atoms with E-state index in [1.807, 2.05) is 30.3 Å². The molecule has 0 unspecified atom stereocenters. The van der Waals surface area contributed by atoms with Gasteiger partial charge in [-0.2, -0.15) is 0 Å². The quantitative estimate of drug-likeness (QED) is 0.0505. The lowest BCUT2D eigenvalue weighted by atomic mass is 9.69. The van der Waals surface area contributed by atoms with Crippen LogP contribution in [0.25, 0.3) is 0 Å². The topological polar surface area (TPSA) is 94.5 Å². The van der Waals surface area contributed by atoms with Gasteiger partial charge < -0.3 is 34.0 Å². The first-order chi connectivity index (χ1) is 30.9. The zero-order chi connectivity index (χ0) is 43.8. The van der Waals surface area contributed by atoms with E-state index < -0.39 is 0 Å². The number of benzene rings is 6. The van der Waals surface area contributed by atoms with Crippen LogP contribution in [-0.4, -0.2) is 50.2 Å². The summed E-state index contributed by atoms with van der Waals surface area (Å²) in [5, 5.41) is 20.0. The number of aryl methyl sites for hydroxylation is 2. The fraction of sp³-hybridized carbons (Fsp3) is 0.339. The molecule has 328 valence electrons.